The van der Waals surface area contributed by atoms with Crippen LogP contribution < -0.4 is 10.6 Å². The normalized spacial score (nSPS) is 20.5. The van der Waals surface area contributed by atoms with Gasteiger partial charge in [0.15, 0.2) is 0 Å². The lowest BCUT2D eigenvalue weighted by Gasteiger charge is -2.28. The van der Waals surface area contributed by atoms with Crippen molar-refractivity contribution >= 4 is 24.2 Å². The molecule has 2 amide bonds. The molecule has 1 atom stereocenters. The molecule has 1 unspecified atom stereocenters. The van der Waals surface area contributed by atoms with Crippen LogP contribution >= 0.6 is 12.4 Å². The second kappa shape index (κ2) is 10.8. The molecule has 0 saturated carbocycles. The van der Waals surface area contributed by atoms with Crippen molar-refractivity contribution in [2.24, 2.45) is 11.8 Å². The summed E-state index contributed by atoms with van der Waals surface area (Å²) in [6.45, 7) is 7.29. The molecule has 2 aliphatic rings. The molecule has 2 fully saturated rings. The Morgan fingerprint density at radius 1 is 1.26 bits per heavy atom. The van der Waals surface area contributed by atoms with Crippen LogP contribution in [0.1, 0.15) is 32.6 Å². The highest BCUT2D eigenvalue weighted by atomic mass is 35.5. The van der Waals surface area contributed by atoms with Crippen LogP contribution in [0.4, 0.5) is 0 Å². The van der Waals surface area contributed by atoms with Crippen LogP contribution in [0.5, 0.6) is 0 Å². The van der Waals surface area contributed by atoms with E-state index in [1.165, 1.54) is 0 Å². The molecule has 134 valence electrons. The van der Waals surface area contributed by atoms with Crippen molar-refractivity contribution in [1.29, 1.82) is 0 Å². The molecule has 0 bridgehead atoms. The summed E-state index contributed by atoms with van der Waals surface area (Å²) >= 11 is 0. The summed E-state index contributed by atoms with van der Waals surface area (Å²) in [4.78, 5) is 25.8. The molecular formula is C16H30ClN3O3. The van der Waals surface area contributed by atoms with E-state index in [0.29, 0.717) is 57.5 Å². The largest absolute Gasteiger partial charge is 0.378 e. The second-order valence-corrected chi connectivity index (χ2v) is 6.36. The highest BCUT2D eigenvalue weighted by Gasteiger charge is 2.22. The van der Waals surface area contributed by atoms with Gasteiger partial charge in [0.05, 0.1) is 13.2 Å². The van der Waals surface area contributed by atoms with Crippen LogP contribution in [-0.4, -0.2) is 62.7 Å². The van der Waals surface area contributed by atoms with Gasteiger partial charge in [-0.25, -0.2) is 0 Å². The van der Waals surface area contributed by atoms with E-state index in [-0.39, 0.29) is 24.2 Å². The Morgan fingerprint density at radius 2 is 1.91 bits per heavy atom. The number of rotatable bonds is 6. The molecule has 2 rings (SSSR count). The third-order valence-electron chi connectivity index (χ3n) is 4.72. The van der Waals surface area contributed by atoms with Crippen molar-refractivity contribution < 1.29 is 14.3 Å². The molecule has 0 aromatic carbocycles. The lowest BCUT2D eigenvalue weighted by molar-refractivity contribution is -0.135. The van der Waals surface area contributed by atoms with Gasteiger partial charge in [0.2, 0.25) is 11.8 Å². The number of carbonyl (C=O) groups excluding carboxylic acids is 2. The molecule has 0 aliphatic carbocycles. The van der Waals surface area contributed by atoms with Crippen molar-refractivity contribution in [3.63, 3.8) is 0 Å². The number of nitrogens with zero attached hydrogens (tertiary/aromatic N) is 1. The number of piperidine rings is 1. The zero-order valence-corrected chi connectivity index (χ0v) is 14.8. The number of ether oxygens (including phenoxy) is 1. The zero-order chi connectivity index (χ0) is 15.8. The van der Waals surface area contributed by atoms with Crippen molar-refractivity contribution in [3.05, 3.63) is 0 Å². The minimum atomic E-state index is 0. The van der Waals surface area contributed by atoms with Gasteiger partial charge in [-0.15, -0.1) is 12.4 Å². The van der Waals surface area contributed by atoms with Crippen molar-refractivity contribution in [1.82, 2.24) is 15.5 Å². The third kappa shape index (κ3) is 7.06. The van der Waals surface area contributed by atoms with Gasteiger partial charge in [0, 0.05) is 32.5 Å². The van der Waals surface area contributed by atoms with E-state index in [2.05, 4.69) is 17.6 Å². The molecule has 0 aromatic heterocycles. The lowest BCUT2D eigenvalue weighted by atomic mass is 9.84. The predicted molar refractivity (Wildman–Crippen MR) is 91.6 cm³/mol. The average Bonchev–Trinajstić information content (AvgIpc) is 2.56. The maximum Gasteiger partial charge on any atom is 0.224 e. The van der Waals surface area contributed by atoms with E-state index in [9.17, 15) is 9.59 Å². The molecule has 0 radical (unpaired) electrons. The zero-order valence-electron chi connectivity index (χ0n) is 14.0. The monoisotopic (exact) mass is 347 g/mol. The number of amides is 2. The molecule has 6 nitrogen and oxygen atoms in total. The quantitative estimate of drug-likeness (QED) is 0.745. The summed E-state index contributed by atoms with van der Waals surface area (Å²) in [5.74, 6) is 1.23. The van der Waals surface area contributed by atoms with E-state index >= 15 is 0 Å². The Balaban J connectivity index is 0.00000264. The van der Waals surface area contributed by atoms with E-state index in [0.717, 1.165) is 25.9 Å². The smallest absolute Gasteiger partial charge is 0.224 e. The first kappa shape index (κ1) is 20.2. The molecule has 7 heteroatoms. The first-order valence-electron chi connectivity index (χ1n) is 8.49. The molecule has 2 N–H and O–H groups in total. The minimum Gasteiger partial charge on any atom is -0.378 e. The molecule has 0 aromatic rings. The first-order chi connectivity index (χ1) is 10.7. The summed E-state index contributed by atoms with van der Waals surface area (Å²) in [5.41, 5.74) is 0. The van der Waals surface area contributed by atoms with Crippen LogP contribution in [0.2, 0.25) is 0 Å². The maximum absolute atomic E-state index is 12.0. The average molecular weight is 348 g/mol. The molecule has 2 saturated heterocycles. The summed E-state index contributed by atoms with van der Waals surface area (Å²) in [7, 11) is 0. The van der Waals surface area contributed by atoms with E-state index < -0.39 is 0 Å². The van der Waals surface area contributed by atoms with Gasteiger partial charge < -0.3 is 20.3 Å². The minimum absolute atomic E-state index is 0. The first-order valence-corrected chi connectivity index (χ1v) is 8.49. The lowest BCUT2D eigenvalue weighted by Crippen LogP contribution is -2.42. The van der Waals surface area contributed by atoms with Gasteiger partial charge >= 0.3 is 0 Å². The van der Waals surface area contributed by atoms with E-state index in [4.69, 9.17) is 4.74 Å². The van der Waals surface area contributed by atoms with Crippen molar-refractivity contribution in [2.45, 2.75) is 32.6 Å². The summed E-state index contributed by atoms with van der Waals surface area (Å²) in [6.07, 6.45) is 3.26. The summed E-state index contributed by atoms with van der Waals surface area (Å²) in [6, 6.07) is 0. The SMILES string of the molecule is CC(CC(=O)NCCC(=O)N1CCOCC1)C1CCNCC1.Cl. The van der Waals surface area contributed by atoms with E-state index in [1.807, 2.05) is 4.90 Å². The standard InChI is InChI=1S/C16H29N3O3.ClH/c1-13(14-2-5-17-6-3-14)12-15(20)18-7-4-16(21)19-8-10-22-11-9-19;/h13-14,17H,2-12H2,1H3,(H,18,20);1H. The number of halogens is 1. The van der Waals surface area contributed by atoms with Crippen molar-refractivity contribution in [3.8, 4) is 0 Å². The Labute approximate surface area is 145 Å². The predicted octanol–water partition coefficient (Wildman–Crippen LogP) is 0.799. The van der Waals surface area contributed by atoms with Gasteiger partial charge in [0.25, 0.3) is 0 Å². The van der Waals surface area contributed by atoms with Gasteiger partial charge in [0.1, 0.15) is 0 Å². The fraction of sp³-hybridized carbons (Fsp3) is 0.875. The Hall–Kier alpha value is -0.850. The van der Waals surface area contributed by atoms with Crippen LogP contribution in [-0.2, 0) is 14.3 Å². The van der Waals surface area contributed by atoms with Crippen LogP contribution in [0, 0.1) is 11.8 Å². The molecule has 2 aliphatic heterocycles. The fourth-order valence-electron chi connectivity index (χ4n) is 3.22. The fourth-order valence-corrected chi connectivity index (χ4v) is 3.22. The van der Waals surface area contributed by atoms with Gasteiger partial charge in [-0.3, -0.25) is 9.59 Å². The topological polar surface area (TPSA) is 70.7 Å². The van der Waals surface area contributed by atoms with Crippen LogP contribution in [0.15, 0.2) is 0 Å². The highest BCUT2D eigenvalue weighted by molar-refractivity contribution is 5.85. The number of carbonyl (C=O) groups is 2. The Bertz CT molecular complexity index is 370. The molecule has 0 spiro atoms. The second-order valence-electron chi connectivity index (χ2n) is 6.36. The number of nitrogens with one attached hydrogen (secondary N) is 2. The van der Waals surface area contributed by atoms with Crippen LogP contribution in [0.3, 0.4) is 0 Å². The Kier molecular flexibility index (Phi) is 9.52. The molecule has 23 heavy (non-hydrogen) atoms. The third-order valence-corrected chi connectivity index (χ3v) is 4.72. The Morgan fingerprint density at radius 3 is 2.57 bits per heavy atom. The van der Waals surface area contributed by atoms with Crippen molar-refractivity contribution in [2.75, 3.05) is 45.9 Å². The van der Waals surface area contributed by atoms with Crippen LogP contribution in [0.25, 0.3) is 0 Å². The molecule has 2 heterocycles. The number of hydrogen-bond acceptors (Lipinski definition) is 4. The summed E-state index contributed by atoms with van der Waals surface area (Å²) in [5, 5.41) is 6.24. The van der Waals surface area contributed by atoms with Gasteiger partial charge in [-0.05, 0) is 37.8 Å². The number of hydrogen-bond donors (Lipinski definition) is 2. The highest BCUT2D eigenvalue weighted by Crippen LogP contribution is 2.24. The van der Waals surface area contributed by atoms with E-state index in [1.54, 1.807) is 0 Å². The van der Waals surface area contributed by atoms with Gasteiger partial charge in [-0.1, -0.05) is 6.92 Å². The summed E-state index contributed by atoms with van der Waals surface area (Å²) < 4.78 is 5.23. The van der Waals surface area contributed by atoms with Gasteiger partial charge in [-0.2, -0.15) is 0 Å². The molecular weight excluding hydrogens is 318 g/mol. The number of morpholine rings is 1. The maximum atomic E-state index is 12.0.